The molecule has 0 aromatic heterocycles. The summed E-state index contributed by atoms with van der Waals surface area (Å²) in [5.41, 5.74) is 2.13. The minimum absolute atomic E-state index is 0.0239. The maximum Gasteiger partial charge on any atom is 0.221 e. The third-order valence-electron chi connectivity index (χ3n) is 7.23. The molecule has 2 unspecified atom stereocenters. The number of likely N-dealkylation sites (tertiary alicyclic amines) is 1. The van der Waals surface area contributed by atoms with Crippen molar-refractivity contribution in [1.82, 2.24) is 4.90 Å². The van der Waals surface area contributed by atoms with Crippen LogP contribution in [0, 0.1) is 11.8 Å². The quantitative estimate of drug-likeness (QED) is 0.827. The molecule has 1 aromatic carbocycles. The topological polar surface area (TPSA) is 41.6 Å². The van der Waals surface area contributed by atoms with Crippen molar-refractivity contribution in [3.05, 3.63) is 23.8 Å². The fourth-order valence-electron chi connectivity index (χ4n) is 5.93. The first-order valence-electron chi connectivity index (χ1n) is 10.8. The standard InChI is InChI=1S/C23H34N2O2/c1-16(26)24-20-8-9-23(27-2)21(15-20)18-10-12-25(13-11-18)22-5-3-4-17-6-7-19(22)14-17/h8-9,15,17-19,22H,3-7,10-14H2,1-2H3,(H,24,26)/t17-,19?,22?/m0/s1. The van der Waals surface area contributed by atoms with Crippen LogP contribution < -0.4 is 10.1 Å². The number of benzene rings is 1. The fourth-order valence-corrected chi connectivity index (χ4v) is 5.93. The first-order valence-corrected chi connectivity index (χ1v) is 10.8. The number of nitrogens with zero attached hydrogens (tertiary/aromatic N) is 1. The summed E-state index contributed by atoms with van der Waals surface area (Å²) in [5, 5.41) is 2.92. The van der Waals surface area contributed by atoms with E-state index in [9.17, 15) is 4.79 Å². The van der Waals surface area contributed by atoms with Crippen LogP contribution in [0.4, 0.5) is 5.69 Å². The summed E-state index contributed by atoms with van der Waals surface area (Å²) >= 11 is 0. The average molecular weight is 371 g/mol. The van der Waals surface area contributed by atoms with Gasteiger partial charge in [0.25, 0.3) is 0 Å². The Labute approximate surface area is 163 Å². The van der Waals surface area contributed by atoms with E-state index in [1.54, 1.807) is 14.0 Å². The van der Waals surface area contributed by atoms with E-state index >= 15 is 0 Å². The Bertz CT molecular complexity index is 666. The Balaban J connectivity index is 1.43. The van der Waals surface area contributed by atoms with E-state index in [2.05, 4.69) is 16.3 Å². The van der Waals surface area contributed by atoms with Crippen LogP contribution in [-0.4, -0.2) is 37.0 Å². The zero-order chi connectivity index (χ0) is 18.8. The van der Waals surface area contributed by atoms with Gasteiger partial charge in [0.2, 0.25) is 5.91 Å². The van der Waals surface area contributed by atoms with Crippen molar-refractivity contribution in [2.45, 2.75) is 70.3 Å². The smallest absolute Gasteiger partial charge is 0.221 e. The number of piperidine rings is 1. The average Bonchev–Trinajstić information content (AvgIpc) is 3.02. The molecule has 0 radical (unpaired) electrons. The number of rotatable bonds is 4. The zero-order valence-electron chi connectivity index (χ0n) is 16.9. The molecule has 4 rings (SSSR count). The third-order valence-corrected chi connectivity index (χ3v) is 7.23. The lowest BCUT2D eigenvalue weighted by molar-refractivity contribution is -0.114. The van der Waals surface area contributed by atoms with Crippen LogP contribution in [0.25, 0.3) is 0 Å². The first-order chi connectivity index (χ1) is 13.1. The molecule has 2 bridgehead atoms. The van der Waals surface area contributed by atoms with Gasteiger partial charge in [-0.25, -0.2) is 0 Å². The molecule has 27 heavy (non-hydrogen) atoms. The van der Waals surface area contributed by atoms with Gasteiger partial charge in [-0.15, -0.1) is 0 Å². The molecule has 1 N–H and O–H groups in total. The summed E-state index contributed by atoms with van der Waals surface area (Å²) < 4.78 is 5.63. The zero-order valence-corrected chi connectivity index (χ0v) is 16.9. The number of anilines is 1. The Kier molecular flexibility index (Phi) is 5.72. The molecule has 1 amide bonds. The lowest BCUT2D eigenvalue weighted by Crippen LogP contribution is -2.44. The lowest BCUT2D eigenvalue weighted by atomic mass is 9.85. The predicted molar refractivity (Wildman–Crippen MR) is 109 cm³/mol. The molecule has 1 aromatic rings. The highest BCUT2D eigenvalue weighted by molar-refractivity contribution is 5.88. The van der Waals surface area contributed by atoms with E-state index in [-0.39, 0.29) is 5.91 Å². The van der Waals surface area contributed by atoms with Crippen LogP contribution in [0.3, 0.4) is 0 Å². The van der Waals surface area contributed by atoms with Crippen molar-refractivity contribution in [3.63, 3.8) is 0 Å². The van der Waals surface area contributed by atoms with Crippen molar-refractivity contribution in [2.75, 3.05) is 25.5 Å². The van der Waals surface area contributed by atoms with Gasteiger partial charge in [0, 0.05) is 18.7 Å². The van der Waals surface area contributed by atoms with Crippen LogP contribution in [0.1, 0.15) is 69.8 Å². The number of carbonyl (C=O) groups is 1. The van der Waals surface area contributed by atoms with Crippen molar-refractivity contribution < 1.29 is 9.53 Å². The highest BCUT2D eigenvalue weighted by atomic mass is 16.5. The van der Waals surface area contributed by atoms with E-state index < -0.39 is 0 Å². The molecule has 2 aliphatic carbocycles. The van der Waals surface area contributed by atoms with E-state index in [0.717, 1.165) is 29.3 Å². The van der Waals surface area contributed by atoms with Gasteiger partial charge in [0.1, 0.15) is 5.75 Å². The molecule has 0 spiro atoms. The van der Waals surface area contributed by atoms with Crippen LogP contribution in [0.15, 0.2) is 18.2 Å². The number of hydrogen-bond acceptors (Lipinski definition) is 3. The largest absolute Gasteiger partial charge is 0.496 e. The number of hydrogen-bond donors (Lipinski definition) is 1. The van der Waals surface area contributed by atoms with Gasteiger partial charge in [-0.05, 0) is 86.7 Å². The van der Waals surface area contributed by atoms with Crippen molar-refractivity contribution in [3.8, 4) is 5.75 Å². The van der Waals surface area contributed by atoms with Gasteiger partial charge in [0.15, 0.2) is 0 Å². The number of ether oxygens (including phenoxy) is 1. The van der Waals surface area contributed by atoms with Crippen LogP contribution in [-0.2, 0) is 4.79 Å². The first kappa shape index (κ1) is 18.8. The van der Waals surface area contributed by atoms with Gasteiger partial charge in [-0.1, -0.05) is 19.3 Å². The summed E-state index contributed by atoms with van der Waals surface area (Å²) in [6, 6.07) is 6.87. The molecular weight excluding hydrogens is 336 g/mol. The van der Waals surface area contributed by atoms with Gasteiger partial charge in [-0.2, -0.15) is 0 Å². The summed E-state index contributed by atoms with van der Waals surface area (Å²) in [7, 11) is 1.74. The Morgan fingerprint density at radius 1 is 1.11 bits per heavy atom. The Morgan fingerprint density at radius 3 is 2.67 bits per heavy atom. The molecule has 4 nitrogen and oxygen atoms in total. The van der Waals surface area contributed by atoms with Crippen LogP contribution in [0.5, 0.6) is 5.75 Å². The van der Waals surface area contributed by atoms with E-state index in [0.29, 0.717) is 5.92 Å². The number of amides is 1. The van der Waals surface area contributed by atoms with Gasteiger partial charge < -0.3 is 15.0 Å². The van der Waals surface area contributed by atoms with Gasteiger partial charge in [0.05, 0.1) is 7.11 Å². The maximum absolute atomic E-state index is 11.4. The van der Waals surface area contributed by atoms with Crippen LogP contribution >= 0.6 is 0 Å². The minimum Gasteiger partial charge on any atom is -0.496 e. The van der Waals surface area contributed by atoms with Gasteiger partial charge >= 0.3 is 0 Å². The predicted octanol–water partition coefficient (Wildman–Crippen LogP) is 4.80. The van der Waals surface area contributed by atoms with Crippen molar-refractivity contribution in [2.24, 2.45) is 11.8 Å². The second-order valence-corrected chi connectivity index (χ2v) is 8.89. The van der Waals surface area contributed by atoms with Crippen molar-refractivity contribution in [1.29, 1.82) is 0 Å². The van der Waals surface area contributed by atoms with Crippen molar-refractivity contribution >= 4 is 11.6 Å². The molecule has 148 valence electrons. The number of carbonyl (C=O) groups excluding carboxylic acids is 1. The third kappa shape index (κ3) is 4.16. The van der Waals surface area contributed by atoms with E-state index in [1.165, 1.54) is 70.0 Å². The molecule has 4 heteroatoms. The summed E-state index contributed by atoms with van der Waals surface area (Å²) in [6.07, 6.45) is 11.1. The summed E-state index contributed by atoms with van der Waals surface area (Å²) in [6.45, 7) is 3.96. The molecule has 1 saturated heterocycles. The lowest BCUT2D eigenvalue weighted by Gasteiger charge is -2.40. The molecule has 3 aliphatic rings. The highest BCUT2D eigenvalue weighted by Crippen LogP contribution is 2.44. The van der Waals surface area contributed by atoms with E-state index in [4.69, 9.17) is 4.74 Å². The van der Waals surface area contributed by atoms with Crippen LogP contribution in [0.2, 0.25) is 0 Å². The summed E-state index contributed by atoms with van der Waals surface area (Å²) in [5.74, 6) is 3.43. The molecule has 1 heterocycles. The normalized spacial score (nSPS) is 29.3. The summed E-state index contributed by atoms with van der Waals surface area (Å²) in [4.78, 5) is 14.2. The molecule has 3 fully saturated rings. The number of nitrogens with one attached hydrogen (secondary N) is 1. The number of fused-ring (bicyclic) bond motifs is 2. The Morgan fingerprint density at radius 2 is 1.93 bits per heavy atom. The monoisotopic (exact) mass is 370 g/mol. The Hall–Kier alpha value is -1.55. The second-order valence-electron chi connectivity index (χ2n) is 8.89. The van der Waals surface area contributed by atoms with E-state index in [1.807, 2.05) is 12.1 Å². The fraction of sp³-hybridized carbons (Fsp3) is 0.696. The molecule has 2 saturated carbocycles. The van der Waals surface area contributed by atoms with Gasteiger partial charge in [-0.3, -0.25) is 4.79 Å². The molecular formula is C23H34N2O2. The number of methoxy groups -OCH3 is 1. The minimum atomic E-state index is -0.0239. The molecule has 1 aliphatic heterocycles. The maximum atomic E-state index is 11.4. The molecule has 3 atom stereocenters. The highest BCUT2D eigenvalue weighted by Gasteiger charge is 2.37. The SMILES string of the molecule is COc1ccc(NC(C)=O)cc1C1CCN(C2CCC[C@H]3CCC2C3)CC1. The second kappa shape index (κ2) is 8.22.